The molecule has 1 aromatic heterocycles. The van der Waals surface area contributed by atoms with E-state index in [2.05, 4.69) is 43.7 Å². The lowest BCUT2D eigenvalue weighted by Crippen LogP contribution is -2.52. The SMILES string of the molecule is Cc1ccc(CCCC(=O)NCCCCC(NC(=O)CN2CCN(CC(=O)O)CCN(CC(=O)O)CCN(CC(=O)O)CC2)C(=O)NCCC(C)(C)OCCC(C)(C)OCc2cn(Cc3cccc4c3CN(C(=O)C[C@@H]3C[C@@H](C(=O)N5CC(F)(F)C[C@H]5C#N)NC3=O)C4)nn2)cc1. The Morgan fingerprint density at radius 2 is 1.39 bits per heavy atom. The van der Waals surface area contributed by atoms with Crippen LogP contribution in [0, 0.1) is 24.2 Å². The molecule has 0 bridgehead atoms. The number of carboxylic acid groups (broad SMARTS) is 3. The van der Waals surface area contributed by atoms with Crippen LogP contribution in [0.3, 0.4) is 0 Å². The monoisotopic (exact) mass is 1360 g/mol. The summed E-state index contributed by atoms with van der Waals surface area (Å²) in [5.41, 5.74) is 4.33. The molecule has 6 amide bonds. The molecule has 0 spiro atoms. The molecule has 3 saturated heterocycles. The number of likely N-dealkylation sites (tertiary alicyclic amines) is 1. The fourth-order valence-corrected chi connectivity index (χ4v) is 12.3. The maximum atomic E-state index is 14.1. The number of hydrogen-bond acceptors (Lipinski definition) is 18. The molecule has 4 aliphatic heterocycles. The molecule has 7 N–H and O–H groups in total. The molecule has 28 nitrogen and oxygen atoms in total. The number of aromatic nitrogens is 3. The second-order valence-corrected chi connectivity index (χ2v) is 27.1. The van der Waals surface area contributed by atoms with Crippen LogP contribution in [0.2, 0.25) is 0 Å². The Morgan fingerprint density at radius 1 is 0.773 bits per heavy atom. The van der Waals surface area contributed by atoms with Crippen molar-refractivity contribution in [2.75, 3.05) is 105 Å². The summed E-state index contributed by atoms with van der Waals surface area (Å²) in [4.78, 5) is 125. The van der Waals surface area contributed by atoms with Crippen molar-refractivity contribution in [2.24, 2.45) is 5.92 Å². The molecular formula is C67H96F2N14O14. The third-order valence-electron chi connectivity index (χ3n) is 18.1. The van der Waals surface area contributed by atoms with Gasteiger partial charge in [-0.15, -0.1) is 5.10 Å². The minimum absolute atomic E-state index is 0.0464. The summed E-state index contributed by atoms with van der Waals surface area (Å²) >= 11 is 0. The van der Waals surface area contributed by atoms with Crippen molar-refractivity contribution < 1.29 is 76.7 Å². The number of hydrogen-bond donors (Lipinski definition) is 7. The molecule has 3 aromatic rings. The number of aliphatic carboxylic acids is 3. The van der Waals surface area contributed by atoms with E-state index in [-0.39, 0.29) is 129 Å². The first-order valence-corrected chi connectivity index (χ1v) is 33.4. The zero-order valence-corrected chi connectivity index (χ0v) is 56.4. The number of aryl methyl sites for hydroxylation is 2. The smallest absolute Gasteiger partial charge is 0.317 e. The Morgan fingerprint density at radius 3 is 2.01 bits per heavy atom. The standard InChI is InChI=1S/C67H96F2N14O14/c1-46-15-17-47(18-16-46)10-8-14-56(84)71-21-7-6-13-54(73-57(85)40-77-23-25-78(41-59(87)88)27-29-80(43-61(91)92)30-28-79(26-24-77)42-60(89)90)63(94)72-22-19-65(2,3)96-31-20-66(4,5)97-44-51-38-82(76-75-51)37-49-12-9-11-48-36-81(39-53(48)49)58(86)33-50-32-55(74-62(50)93)64(95)83-45-67(68,69)34-52(83)35-70/h9,11-12,15-18,38,50,52,54-55H,6-8,10,13-14,19-34,36-37,39-45H2,1-5H3,(H,71,84)(H,72,94)(H,73,85)(H,74,93)(H,87,88)(H,89,90)(H,91,92)/t50-,52-,54?,55-/m0/s1. The van der Waals surface area contributed by atoms with Gasteiger partial charge in [0.25, 0.3) is 5.92 Å². The van der Waals surface area contributed by atoms with Crippen molar-refractivity contribution in [2.45, 2.75) is 167 Å². The summed E-state index contributed by atoms with van der Waals surface area (Å²) in [6.07, 6.45) is 4.79. The van der Waals surface area contributed by atoms with Gasteiger partial charge in [0.05, 0.1) is 76.0 Å². The van der Waals surface area contributed by atoms with Crippen molar-refractivity contribution in [3.05, 3.63) is 82.2 Å². The number of nitriles is 1. The van der Waals surface area contributed by atoms with Gasteiger partial charge in [-0.25, -0.2) is 13.5 Å². The number of carbonyl (C=O) groups excluding carboxylic acids is 6. The van der Waals surface area contributed by atoms with Crippen LogP contribution in [0.15, 0.2) is 48.7 Å². The van der Waals surface area contributed by atoms with Gasteiger partial charge in [0.15, 0.2) is 0 Å². The molecule has 3 fully saturated rings. The average Bonchev–Trinajstić information content (AvgIpc) is 1.66. The van der Waals surface area contributed by atoms with E-state index in [1.54, 1.807) is 41.4 Å². The number of rotatable bonds is 34. The lowest BCUT2D eigenvalue weighted by molar-refractivity contribution is -0.140. The maximum Gasteiger partial charge on any atom is 0.317 e. The van der Waals surface area contributed by atoms with Gasteiger partial charge in [0.1, 0.15) is 23.8 Å². The summed E-state index contributed by atoms with van der Waals surface area (Å²) < 4.78 is 42.5. The van der Waals surface area contributed by atoms with Crippen LogP contribution in [-0.4, -0.2) is 253 Å². The van der Waals surface area contributed by atoms with Gasteiger partial charge < -0.3 is 55.9 Å². The average molecular weight is 1360 g/mol. The number of unbranched alkanes of at least 4 members (excludes halogenated alkanes) is 1. The molecule has 2 aromatic carbocycles. The molecule has 4 aliphatic rings. The first-order valence-electron chi connectivity index (χ1n) is 33.4. The third-order valence-corrected chi connectivity index (χ3v) is 18.1. The summed E-state index contributed by atoms with van der Waals surface area (Å²) in [6.45, 7) is 11.3. The Labute approximate surface area is 564 Å². The third kappa shape index (κ3) is 25.4. The quantitative estimate of drug-likeness (QED) is 0.0422. The van der Waals surface area contributed by atoms with Crippen LogP contribution in [0.4, 0.5) is 8.78 Å². The molecular weight excluding hydrogens is 1260 g/mol. The van der Waals surface area contributed by atoms with E-state index in [0.29, 0.717) is 70.5 Å². The van der Waals surface area contributed by atoms with Crippen molar-refractivity contribution >= 4 is 53.4 Å². The predicted molar refractivity (Wildman–Crippen MR) is 348 cm³/mol. The number of amides is 6. The number of nitrogens with zero attached hydrogens (tertiary/aromatic N) is 10. The largest absolute Gasteiger partial charge is 0.480 e. The van der Waals surface area contributed by atoms with Gasteiger partial charge >= 0.3 is 17.9 Å². The van der Waals surface area contributed by atoms with E-state index in [1.165, 1.54) is 0 Å². The fourth-order valence-electron chi connectivity index (χ4n) is 12.3. The van der Waals surface area contributed by atoms with Gasteiger partial charge in [-0.3, -0.25) is 62.8 Å². The van der Waals surface area contributed by atoms with Crippen molar-refractivity contribution in [3.63, 3.8) is 0 Å². The van der Waals surface area contributed by atoms with Crippen molar-refractivity contribution in [3.8, 4) is 6.07 Å². The van der Waals surface area contributed by atoms with E-state index < -0.39 is 95.7 Å². The molecule has 532 valence electrons. The molecule has 7 rings (SSSR count). The highest BCUT2D eigenvalue weighted by Gasteiger charge is 2.50. The van der Waals surface area contributed by atoms with Gasteiger partial charge in [0, 0.05) is 104 Å². The predicted octanol–water partition coefficient (Wildman–Crippen LogP) is 2.39. The summed E-state index contributed by atoms with van der Waals surface area (Å²) in [6, 6.07) is 12.3. The Kier molecular flexibility index (Phi) is 28.3. The summed E-state index contributed by atoms with van der Waals surface area (Å²) in [7, 11) is 0. The van der Waals surface area contributed by atoms with E-state index in [0.717, 1.165) is 39.1 Å². The topological polar surface area (TPSA) is 355 Å². The number of alkyl halides is 2. The van der Waals surface area contributed by atoms with E-state index in [1.807, 2.05) is 65.0 Å². The molecule has 30 heteroatoms. The van der Waals surface area contributed by atoms with Crippen LogP contribution in [0.1, 0.15) is 125 Å². The number of carbonyl (C=O) groups is 9. The minimum atomic E-state index is -3.20. The highest BCUT2D eigenvalue weighted by atomic mass is 19.3. The van der Waals surface area contributed by atoms with Gasteiger partial charge in [-0.05, 0) is 108 Å². The number of fused-ring (bicyclic) bond motifs is 1. The summed E-state index contributed by atoms with van der Waals surface area (Å²) in [5.74, 6) is -9.81. The number of benzene rings is 2. The number of nitrogens with one attached hydrogen (secondary N) is 4. The van der Waals surface area contributed by atoms with Crippen molar-refractivity contribution in [1.82, 2.24) is 65.7 Å². The van der Waals surface area contributed by atoms with Crippen LogP contribution in [0.25, 0.3) is 0 Å². The number of halogens is 2. The first-order chi connectivity index (χ1) is 46.0. The Hall–Kier alpha value is -8.08. The molecule has 0 aliphatic carbocycles. The second-order valence-electron chi connectivity index (χ2n) is 27.1. The van der Waals surface area contributed by atoms with Crippen molar-refractivity contribution in [1.29, 1.82) is 5.26 Å². The lowest BCUT2D eigenvalue weighted by atomic mass is 9.99. The molecule has 0 radical (unpaired) electrons. The van der Waals surface area contributed by atoms with Gasteiger partial charge in [-0.2, -0.15) is 5.26 Å². The van der Waals surface area contributed by atoms with E-state index in [4.69, 9.17) is 9.47 Å². The van der Waals surface area contributed by atoms with E-state index in [9.17, 15) is 72.5 Å². The minimum Gasteiger partial charge on any atom is -0.480 e. The van der Waals surface area contributed by atoms with Gasteiger partial charge in [-0.1, -0.05) is 53.2 Å². The maximum absolute atomic E-state index is 14.1. The van der Waals surface area contributed by atoms with Crippen LogP contribution in [-0.2, 0) is 85.3 Å². The highest BCUT2D eigenvalue weighted by molar-refractivity contribution is 5.95. The second kappa shape index (κ2) is 36.0. The van der Waals surface area contributed by atoms with E-state index >= 15 is 0 Å². The van der Waals surface area contributed by atoms with Crippen LogP contribution < -0.4 is 21.3 Å². The molecule has 5 heterocycles. The molecule has 97 heavy (non-hydrogen) atoms. The molecule has 0 saturated carbocycles. The normalized spacial score (nSPS) is 19.4. The molecule has 1 unspecified atom stereocenters. The van der Waals surface area contributed by atoms with Crippen LogP contribution in [0.5, 0.6) is 0 Å². The Bertz CT molecular complexity index is 3220. The fraction of sp³-hybridized carbons (Fsp3) is 0.642. The summed E-state index contributed by atoms with van der Waals surface area (Å²) in [5, 5.41) is 58.4. The van der Waals surface area contributed by atoms with Gasteiger partial charge in [0.2, 0.25) is 35.4 Å². The van der Waals surface area contributed by atoms with Crippen LogP contribution >= 0.6 is 0 Å². The molecule has 4 atom stereocenters. The lowest BCUT2D eigenvalue weighted by Gasteiger charge is -2.33. The number of ether oxygens (including phenoxy) is 2. The number of carboxylic acids is 3. The zero-order valence-electron chi connectivity index (χ0n) is 56.4. The first kappa shape index (κ1) is 76.3. The Balaban J connectivity index is 0.867. The zero-order chi connectivity index (χ0) is 70.5. The highest BCUT2D eigenvalue weighted by Crippen LogP contribution is 2.34.